The number of anilines is 1. The number of amides is 1. The van der Waals surface area contributed by atoms with Gasteiger partial charge < -0.3 is 9.88 Å². The van der Waals surface area contributed by atoms with Gasteiger partial charge in [-0.3, -0.25) is 4.79 Å². The summed E-state index contributed by atoms with van der Waals surface area (Å²) in [6, 6.07) is 18.3. The van der Waals surface area contributed by atoms with Gasteiger partial charge in [-0.05, 0) is 43.0 Å². The molecule has 1 amide bonds. The predicted octanol–water partition coefficient (Wildman–Crippen LogP) is 3.94. The molecule has 0 fully saturated rings. The van der Waals surface area contributed by atoms with Crippen LogP contribution in [-0.2, 0) is 17.6 Å². The minimum absolute atomic E-state index is 0.0620. The molecule has 1 N–H and O–H groups in total. The Labute approximate surface area is 135 Å². The second-order valence-electron chi connectivity index (χ2n) is 6.30. The summed E-state index contributed by atoms with van der Waals surface area (Å²) in [7, 11) is 1.88. The predicted molar refractivity (Wildman–Crippen MR) is 93.7 cm³/mol. The lowest BCUT2D eigenvalue weighted by atomic mass is 9.85. The molecule has 1 atom stereocenters. The molecular weight excluding hydrogens is 284 g/mol. The molecule has 1 unspecified atom stereocenters. The Balaban J connectivity index is 1.61. The highest BCUT2D eigenvalue weighted by atomic mass is 16.2. The first-order valence-electron chi connectivity index (χ1n) is 8.15. The van der Waals surface area contributed by atoms with Crippen LogP contribution in [0.15, 0.2) is 54.6 Å². The second kappa shape index (κ2) is 5.58. The van der Waals surface area contributed by atoms with E-state index in [4.69, 9.17) is 0 Å². The van der Waals surface area contributed by atoms with Crippen molar-refractivity contribution >= 4 is 22.5 Å². The fourth-order valence-electron chi connectivity index (χ4n) is 3.63. The van der Waals surface area contributed by atoms with Gasteiger partial charge in [-0.15, -0.1) is 0 Å². The minimum Gasteiger partial charge on any atom is -0.358 e. The van der Waals surface area contributed by atoms with Gasteiger partial charge in [0.25, 0.3) is 0 Å². The first-order chi connectivity index (χ1) is 11.2. The van der Waals surface area contributed by atoms with Crippen molar-refractivity contribution in [2.75, 3.05) is 11.9 Å². The fraction of sp³-hybridized carbons (Fsp3) is 0.250. The van der Waals surface area contributed by atoms with E-state index in [1.807, 2.05) is 37.4 Å². The van der Waals surface area contributed by atoms with Gasteiger partial charge in [0.15, 0.2) is 0 Å². The highest BCUT2D eigenvalue weighted by molar-refractivity contribution is 5.95. The number of H-pyrrole nitrogens is 1. The van der Waals surface area contributed by atoms with Crippen molar-refractivity contribution in [2.45, 2.75) is 19.3 Å². The van der Waals surface area contributed by atoms with Crippen LogP contribution in [0.1, 0.15) is 17.7 Å². The van der Waals surface area contributed by atoms with E-state index >= 15 is 0 Å². The maximum absolute atomic E-state index is 12.9. The monoisotopic (exact) mass is 304 g/mol. The first kappa shape index (κ1) is 14.1. The number of nitrogens with one attached hydrogen (secondary N) is 1. The van der Waals surface area contributed by atoms with E-state index in [1.165, 1.54) is 22.2 Å². The number of benzene rings is 2. The summed E-state index contributed by atoms with van der Waals surface area (Å²) in [5.74, 6) is 0.277. The minimum atomic E-state index is 0.0620. The number of hydrogen-bond donors (Lipinski definition) is 1. The molecule has 0 spiro atoms. The van der Waals surface area contributed by atoms with E-state index in [0.717, 1.165) is 24.9 Å². The smallest absolute Gasteiger partial charge is 0.230 e. The quantitative estimate of drug-likeness (QED) is 0.765. The Bertz CT molecular complexity index is 850. The number of rotatable bonds is 2. The summed E-state index contributed by atoms with van der Waals surface area (Å²) in [5.41, 5.74) is 4.77. The highest BCUT2D eigenvalue weighted by Crippen LogP contribution is 2.32. The molecule has 3 nitrogen and oxygen atoms in total. The van der Waals surface area contributed by atoms with Crippen molar-refractivity contribution in [3.8, 4) is 0 Å². The molecule has 0 saturated carbocycles. The molecule has 4 rings (SSSR count). The average Bonchev–Trinajstić information content (AvgIpc) is 2.99. The Morgan fingerprint density at radius 3 is 2.65 bits per heavy atom. The van der Waals surface area contributed by atoms with Gasteiger partial charge in [0, 0.05) is 35.2 Å². The fourth-order valence-corrected chi connectivity index (χ4v) is 3.63. The van der Waals surface area contributed by atoms with Crippen LogP contribution >= 0.6 is 0 Å². The van der Waals surface area contributed by atoms with Crippen molar-refractivity contribution in [2.24, 2.45) is 5.92 Å². The normalized spacial score (nSPS) is 17.0. The molecule has 2 aromatic carbocycles. The molecule has 0 bridgehead atoms. The zero-order valence-electron chi connectivity index (χ0n) is 13.3. The van der Waals surface area contributed by atoms with Gasteiger partial charge in [0.2, 0.25) is 5.91 Å². The van der Waals surface area contributed by atoms with Gasteiger partial charge >= 0.3 is 0 Å². The summed E-state index contributed by atoms with van der Waals surface area (Å²) >= 11 is 0. The number of hydrogen-bond acceptors (Lipinski definition) is 1. The molecule has 3 aromatic rings. The van der Waals surface area contributed by atoms with Crippen LogP contribution in [-0.4, -0.2) is 17.9 Å². The van der Waals surface area contributed by atoms with E-state index in [9.17, 15) is 4.79 Å². The van der Waals surface area contributed by atoms with E-state index in [0.29, 0.717) is 0 Å². The lowest BCUT2D eigenvalue weighted by molar-refractivity contribution is -0.122. The molecule has 0 aliphatic heterocycles. The Kier molecular flexibility index (Phi) is 3.41. The standard InChI is InChI=1S/C20H20N2O/c1-22(15-7-3-2-4-8-15)20(23)14-11-12-19-17(13-14)16-9-5-6-10-18(16)21-19/h2-10,14,21H,11-13H2,1H3. The molecule has 0 radical (unpaired) electrons. The highest BCUT2D eigenvalue weighted by Gasteiger charge is 2.29. The number of carbonyl (C=O) groups excluding carboxylic acids is 1. The van der Waals surface area contributed by atoms with E-state index < -0.39 is 0 Å². The van der Waals surface area contributed by atoms with Crippen molar-refractivity contribution in [1.29, 1.82) is 0 Å². The van der Waals surface area contributed by atoms with Crippen molar-refractivity contribution < 1.29 is 4.79 Å². The van der Waals surface area contributed by atoms with Crippen LogP contribution < -0.4 is 4.90 Å². The third-order valence-corrected chi connectivity index (χ3v) is 4.92. The molecule has 1 heterocycles. The third-order valence-electron chi connectivity index (χ3n) is 4.92. The summed E-state index contributed by atoms with van der Waals surface area (Å²) < 4.78 is 0. The molecule has 1 aliphatic rings. The van der Waals surface area contributed by atoms with Crippen LogP contribution in [0.4, 0.5) is 5.69 Å². The first-order valence-corrected chi connectivity index (χ1v) is 8.15. The molecule has 3 heteroatoms. The number of para-hydroxylation sites is 2. The molecule has 116 valence electrons. The van der Waals surface area contributed by atoms with E-state index in [-0.39, 0.29) is 11.8 Å². The van der Waals surface area contributed by atoms with Crippen LogP contribution in [0.25, 0.3) is 10.9 Å². The number of aromatic amines is 1. The SMILES string of the molecule is CN(C(=O)C1CCc2[nH]c3ccccc3c2C1)c1ccccc1. The Hall–Kier alpha value is -2.55. The topological polar surface area (TPSA) is 36.1 Å². The zero-order valence-corrected chi connectivity index (χ0v) is 13.3. The third kappa shape index (κ3) is 2.42. The number of aryl methyl sites for hydroxylation is 1. The zero-order chi connectivity index (χ0) is 15.8. The van der Waals surface area contributed by atoms with Crippen molar-refractivity contribution in [1.82, 2.24) is 4.98 Å². The van der Waals surface area contributed by atoms with Crippen LogP contribution in [0.2, 0.25) is 0 Å². The van der Waals surface area contributed by atoms with Crippen molar-refractivity contribution in [3.63, 3.8) is 0 Å². The summed E-state index contributed by atoms with van der Waals surface area (Å²) in [4.78, 5) is 18.2. The lowest BCUT2D eigenvalue weighted by Crippen LogP contribution is -2.35. The number of carbonyl (C=O) groups is 1. The van der Waals surface area contributed by atoms with Crippen LogP contribution in [0.5, 0.6) is 0 Å². The average molecular weight is 304 g/mol. The lowest BCUT2D eigenvalue weighted by Gasteiger charge is -2.27. The van der Waals surface area contributed by atoms with Gasteiger partial charge in [-0.25, -0.2) is 0 Å². The molecule has 0 saturated heterocycles. The summed E-state index contributed by atoms with van der Waals surface area (Å²) in [5, 5.41) is 1.27. The number of nitrogens with zero attached hydrogens (tertiary/aromatic N) is 1. The molecule has 1 aliphatic carbocycles. The summed E-state index contributed by atoms with van der Waals surface area (Å²) in [6.07, 6.45) is 2.69. The maximum atomic E-state index is 12.9. The molecular formula is C20H20N2O. The van der Waals surface area contributed by atoms with E-state index in [2.05, 4.69) is 29.2 Å². The largest absolute Gasteiger partial charge is 0.358 e. The van der Waals surface area contributed by atoms with Gasteiger partial charge in [0.05, 0.1) is 0 Å². The maximum Gasteiger partial charge on any atom is 0.230 e. The van der Waals surface area contributed by atoms with Crippen LogP contribution in [0.3, 0.4) is 0 Å². The van der Waals surface area contributed by atoms with Gasteiger partial charge in [0.1, 0.15) is 0 Å². The Morgan fingerprint density at radius 2 is 1.83 bits per heavy atom. The second-order valence-corrected chi connectivity index (χ2v) is 6.30. The summed E-state index contributed by atoms with van der Waals surface area (Å²) in [6.45, 7) is 0. The Morgan fingerprint density at radius 1 is 1.09 bits per heavy atom. The molecule has 1 aromatic heterocycles. The number of aromatic nitrogens is 1. The van der Waals surface area contributed by atoms with Gasteiger partial charge in [-0.2, -0.15) is 0 Å². The van der Waals surface area contributed by atoms with Gasteiger partial charge in [-0.1, -0.05) is 36.4 Å². The molecule has 23 heavy (non-hydrogen) atoms. The number of fused-ring (bicyclic) bond motifs is 3. The van der Waals surface area contributed by atoms with Crippen molar-refractivity contribution in [3.05, 3.63) is 65.9 Å². The van der Waals surface area contributed by atoms with Crippen LogP contribution in [0, 0.1) is 5.92 Å². The van der Waals surface area contributed by atoms with E-state index in [1.54, 1.807) is 4.90 Å².